The first kappa shape index (κ1) is 21.6. The lowest BCUT2D eigenvalue weighted by Gasteiger charge is -2.12. The second-order valence-corrected chi connectivity index (χ2v) is 6.67. The van der Waals surface area contributed by atoms with Crippen LogP contribution in [-0.4, -0.2) is 23.8 Å². The summed E-state index contributed by atoms with van der Waals surface area (Å²) in [6, 6.07) is 14.5. The third kappa shape index (κ3) is 5.09. The number of benzene rings is 3. The maximum atomic E-state index is 12.5. The van der Waals surface area contributed by atoms with Gasteiger partial charge in [-0.1, -0.05) is 11.6 Å². The van der Waals surface area contributed by atoms with Gasteiger partial charge in [-0.25, -0.2) is 0 Å². The highest BCUT2D eigenvalue weighted by Crippen LogP contribution is 2.38. The van der Waals surface area contributed by atoms with Crippen LogP contribution in [0.2, 0.25) is 5.02 Å². The highest BCUT2D eigenvalue weighted by Gasteiger charge is 2.19. The fraction of sp³-hybridized carbons (Fsp3) is 0.0476. The van der Waals surface area contributed by atoms with E-state index in [0.29, 0.717) is 11.3 Å². The second-order valence-electron chi connectivity index (χ2n) is 6.23. The van der Waals surface area contributed by atoms with Crippen molar-refractivity contribution in [3.8, 4) is 17.2 Å². The molecule has 0 aliphatic carbocycles. The topological polar surface area (TPSA) is 134 Å². The molecule has 0 saturated heterocycles. The molecule has 0 fully saturated rings. The smallest absolute Gasteiger partial charge is 0.313 e. The molecule has 0 aliphatic heterocycles. The molecule has 158 valence electrons. The number of nitro benzene ring substituents is 1. The molecule has 0 unspecified atom stereocenters. The van der Waals surface area contributed by atoms with Gasteiger partial charge >= 0.3 is 5.69 Å². The van der Waals surface area contributed by atoms with Crippen LogP contribution in [-0.2, 0) is 0 Å². The van der Waals surface area contributed by atoms with Gasteiger partial charge in [-0.2, -0.15) is 0 Å². The van der Waals surface area contributed by atoms with Gasteiger partial charge in [-0.05, 0) is 54.6 Å². The Balaban J connectivity index is 1.82. The zero-order chi connectivity index (χ0) is 22.5. The summed E-state index contributed by atoms with van der Waals surface area (Å²) in [5, 5.41) is 14.1. The van der Waals surface area contributed by atoms with Crippen molar-refractivity contribution in [3.63, 3.8) is 0 Å². The quantitative estimate of drug-likeness (QED) is 0.412. The fourth-order valence-corrected chi connectivity index (χ4v) is 2.82. The minimum atomic E-state index is -0.612. The van der Waals surface area contributed by atoms with Gasteiger partial charge in [-0.15, -0.1) is 0 Å². The summed E-state index contributed by atoms with van der Waals surface area (Å²) >= 11 is 5.82. The molecule has 2 amide bonds. The number of primary amides is 1. The van der Waals surface area contributed by atoms with Crippen LogP contribution >= 0.6 is 11.6 Å². The maximum Gasteiger partial charge on any atom is 0.313 e. The van der Waals surface area contributed by atoms with E-state index in [1.54, 1.807) is 12.1 Å². The third-order valence-electron chi connectivity index (χ3n) is 4.19. The first-order chi connectivity index (χ1) is 14.8. The van der Waals surface area contributed by atoms with Crippen molar-refractivity contribution in [2.24, 2.45) is 5.73 Å². The Morgan fingerprint density at radius 1 is 0.968 bits per heavy atom. The van der Waals surface area contributed by atoms with E-state index < -0.39 is 16.7 Å². The van der Waals surface area contributed by atoms with Crippen molar-refractivity contribution in [3.05, 3.63) is 86.9 Å². The molecule has 0 aromatic heterocycles. The lowest BCUT2D eigenvalue weighted by atomic mass is 10.1. The highest BCUT2D eigenvalue weighted by atomic mass is 35.5. The zero-order valence-electron chi connectivity index (χ0n) is 16.1. The molecule has 0 heterocycles. The normalized spacial score (nSPS) is 10.3. The van der Waals surface area contributed by atoms with Crippen LogP contribution in [0.3, 0.4) is 0 Å². The molecule has 31 heavy (non-hydrogen) atoms. The Bertz CT molecular complexity index is 1160. The minimum absolute atomic E-state index is 0.0283. The van der Waals surface area contributed by atoms with Crippen molar-refractivity contribution < 1.29 is 24.0 Å². The minimum Gasteiger partial charge on any atom is -0.493 e. The first-order valence-corrected chi connectivity index (χ1v) is 9.17. The van der Waals surface area contributed by atoms with E-state index in [-0.39, 0.29) is 33.5 Å². The van der Waals surface area contributed by atoms with E-state index in [1.165, 1.54) is 55.6 Å². The molecule has 3 rings (SSSR count). The average molecular weight is 442 g/mol. The van der Waals surface area contributed by atoms with E-state index in [0.717, 1.165) is 0 Å². The molecule has 0 atom stereocenters. The fourth-order valence-electron chi connectivity index (χ4n) is 2.65. The summed E-state index contributed by atoms with van der Waals surface area (Å²) < 4.78 is 10.9. The van der Waals surface area contributed by atoms with Gasteiger partial charge in [-0.3, -0.25) is 19.7 Å². The molecular formula is C21H16ClN3O6. The van der Waals surface area contributed by atoms with Crippen molar-refractivity contribution >= 4 is 34.8 Å². The second kappa shape index (κ2) is 9.14. The van der Waals surface area contributed by atoms with Gasteiger partial charge in [0.05, 0.1) is 12.0 Å². The van der Waals surface area contributed by atoms with Gasteiger partial charge in [0.25, 0.3) is 5.91 Å². The molecule has 0 spiro atoms. The Morgan fingerprint density at radius 3 is 2.23 bits per heavy atom. The largest absolute Gasteiger partial charge is 0.493 e. The van der Waals surface area contributed by atoms with Crippen LogP contribution in [0.5, 0.6) is 17.2 Å². The number of carbonyl (C=O) groups excluding carboxylic acids is 2. The van der Waals surface area contributed by atoms with Crippen molar-refractivity contribution in [1.82, 2.24) is 0 Å². The number of hydrogen-bond donors (Lipinski definition) is 2. The lowest BCUT2D eigenvalue weighted by Crippen LogP contribution is -2.13. The zero-order valence-corrected chi connectivity index (χ0v) is 16.9. The summed E-state index contributed by atoms with van der Waals surface area (Å²) in [6.45, 7) is 0. The van der Waals surface area contributed by atoms with E-state index in [2.05, 4.69) is 5.32 Å². The standard InChI is InChI=1S/C21H16ClN3O6/c1-30-19-10-13(21(27)24-15-6-2-12(3-7-15)20(23)26)4-8-18(19)31-17-9-5-14(22)11-16(17)25(28)29/h2-11H,1H3,(H2,23,26)(H,24,27). The number of anilines is 1. The van der Waals surface area contributed by atoms with Gasteiger partial charge in [0.15, 0.2) is 11.5 Å². The molecule has 3 aromatic rings. The SMILES string of the molecule is COc1cc(C(=O)Nc2ccc(C(N)=O)cc2)ccc1Oc1ccc(Cl)cc1[N+](=O)[O-]. The van der Waals surface area contributed by atoms with Crippen LogP contribution in [0.1, 0.15) is 20.7 Å². The Kier molecular flexibility index (Phi) is 6.37. The summed E-state index contributed by atoms with van der Waals surface area (Å²) in [7, 11) is 1.38. The molecule has 0 aliphatic rings. The van der Waals surface area contributed by atoms with Crippen LogP contribution < -0.4 is 20.5 Å². The summed E-state index contributed by atoms with van der Waals surface area (Å²) in [4.78, 5) is 34.3. The molecule has 0 bridgehead atoms. The number of nitro groups is 1. The molecule has 0 saturated carbocycles. The number of nitrogens with two attached hydrogens (primary N) is 1. The van der Waals surface area contributed by atoms with Gasteiger partial charge in [0, 0.05) is 27.9 Å². The lowest BCUT2D eigenvalue weighted by molar-refractivity contribution is -0.385. The number of hydrogen-bond acceptors (Lipinski definition) is 6. The van der Waals surface area contributed by atoms with Gasteiger partial charge in [0.1, 0.15) is 0 Å². The third-order valence-corrected chi connectivity index (χ3v) is 4.43. The number of amides is 2. The van der Waals surface area contributed by atoms with Crippen LogP contribution in [0.4, 0.5) is 11.4 Å². The first-order valence-electron chi connectivity index (χ1n) is 8.79. The van der Waals surface area contributed by atoms with E-state index in [1.807, 2.05) is 0 Å². The summed E-state index contributed by atoms with van der Waals surface area (Å²) in [5.74, 6) is -0.663. The van der Waals surface area contributed by atoms with Crippen LogP contribution in [0, 0.1) is 10.1 Å². The average Bonchev–Trinajstić information content (AvgIpc) is 2.75. The maximum absolute atomic E-state index is 12.5. The highest BCUT2D eigenvalue weighted by molar-refractivity contribution is 6.30. The van der Waals surface area contributed by atoms with E-state index in [4.69, 9.17) is 26.8 Å². The summed E-state index contributed by atoms with van der Waals surface area (Å²) in [6.07, 6.45) is 0. The van der Waals surface area contributed by atoms with Crippen LogP contribution in [0.25, 0.3) is 0 Å². The van der Waals surface area contributed by atoms with E-state index in [9.17, 15) is 19.7 Å². The van der Waals surface area contributed by atoms with Crippen molar-refractivity contribution in [2.45, 2.75) is 0 Å². The Morgan fingerprint density at radius 2 is 1.61 bits per heavy atom. The van der Waals surface area contributed by atoms with Crippen molar-refractivity contribution in [1.29, 1.82) is 0 Å². The molecule has 0 radical (unpaired) electrons. The van der Waals surface area contributed by atoms with Gasteiger partial charge < -0.3 is 20.5 Å². The number of carbonyl (C=O) groups is 2. The van der Waals surface area contributed by atoms with Crippen molar-refractivity contribution in [2.75, 3.05) is 12.4 Å². The number of methoxy groups -OCH3 is 1. The number of nitrogens with one attached hydrogen (secondary N) is 1. The molecular weight excluding hydrogens is 426 g/mol. The van der Waals surface area contributed by atoms with E-state index >= 15 is 0 Å². The molecule has 3 aromatic carbocycles. The molecule has 10 heteroatoms. The van der Waals surface area contributed by atoms with Gasteiger partial charge in [0.2, 0.25) is 11.7 Å². The predicted octanol–water partition coefficient (Wildman–Crippen LogP) is 4.40. The summed E-state index contributed by atoms with van der Waals surface area (Å²) in [5.41, 5.74) is 5.92. The molecule has 3 N–H and O–H groups in total. The number of nitrogens with zero attached hydrogens (tertiary/aromatic N) is 1. The van der Waals surface area contributed by atoms with Crippen LogP contribution in [0.15, 0.2) is 60.7 Å². The number of ether oxygens (including phenoxy) is 2. The number of rotatable bonds is 7. The monoisotopic (exact) mass is 441 g/mol. The Hall–Kier alpha value is -4.11. The Labute approximate surface area is 181 Å². The predicted molar refractivity (Wildman–Crippen MR) is 114 cm³/mol. The molecule has 9 nitrogen and oxygen atoms in total. The number of halogens is 1.